The van der Waals surface area contributed by atoms with E-state index in [1.165, 1.54) is 0 Å². The Labute approximate surface area is 89.0 Å². The predicted octanol–water partition coefficient (Wildman–Crippen LogP) is -0.847. The number of nitrogens with two attached hydrogens (primary N) is 1. The standard InChI is InChI=1S/C9H17N5O/c1-13-8(2-3-10)11-12-9(13)14-4-6-15-7-5-14/h2-7,10H2,1H3. The number of rotatable bonds is 3. The van der Waals surface area contributed by atoms with Gasteiger partial charge in [-0.25, -0.2) is 0 Å². The van der Waals surface area contributed by atoms with Crippen molar-refractivity contribution in [2.75, 3.05) is 37.7 Å². The van der Waals surface area contributed by atoms with Crippen LogP contribution in [0.5, 0.6) is 0 Å². The first kappa shape index (κ1) is 10.4. The highest BCUT2D eigenvalue weighted by atomic mass is 16.5. The second kappa shape index (κ2) is 4.59. The summed E-state index contributed by atoms with van der Waals surface area (Å²) in [5.41, 5.74) is 5.50. The number of hydrogen-bond donors (Lipinski definition) is 1. The molecule has 0 unspecified atom stereocenters. The van der Waals surface area contributed by atoms with Crippen LogP contribution in [0.15, 0.2) is 0 Å². The molecule has 1 aromatic heterocycles. The average Bonchev–Trinajstić information content (AvgIpc) is 2.63. The molecular formula is C9H17N5O. The van der Waals surface area contributed by atoms with Crippen LogP contribution in [0.25, 0.3) is 0 Å². The molecule has 0 aliphatic carbocycles. The minimum atomic E-state index is 0.606. The SMILES string of the molecule is Cn1c(CCN)nnc1N1CCOCC1. The molecule has 2 N–H and O–H groups in total. The lowest BCUT2D eigenvalue weighted by molar-refractivity contribution is 0.121. The van der Waals surface area contributed by atoms with Gasteiger partial charge in [0.05, 0.1) is 13.2 Å². The van der Waals surface area contributed by atoms with Crippen molar-refractivity contribution in [1.82, 2.24) is 14.8 Å². The lowest BCUT2D eigenvalue weighted by atomic mass is 10.4. The van der Waals surface area contributed by atoms with Gasteiger partial charge in [-0.3, -0.25) is 0 Å². The van der Waals surface area contributed by atoms with Gasteiger partial charge < -0.3 is 19.9 Å². The highest BCUT2D eigenvalue weighted by Gasteiger charge is 2.17. The smallest absolute Gasteiger partial charge is 0.227 e. The number of anilines is 1. The van der Waals surface area contributed by atoms with E-state index in [9.17, 15) is 0 Å². The van der Waals surface area contributed by atoms with Gasteiger partial charge in [-0.1, -0.05) is 0 Å². The molecule has 1 aliphatic rings. The normalized spacial score (nSPS) is 17.1. The third-order valence-corrected chi connectivity index (χ3v) is 2.60. The third-order valence-electron chi connectivity index (χ3n) is 2.60. The van der Waals surface area contributed by atoms with Crippen molar-refractivity contribution in [3.63, 3.8) is 0 Å². The molecule has 0 atom stereocenters. The van der Waals surface area contributed by atoms with Crippen LogP contribution in [-0.2, 0) is 18.2 Å². The summed E-state index contributed by atoms with van der Waals surface area (Å²) in [5, 5.41) is 8.32. The molecule has 0 saturated carbocycles. The second-order valence-electron chi connectivity index (χ2n) is 3.61. The fourth-order valence-corrected chi connectivity index (χ4v) is 1.74. The Morgan fingerprint density at radius 3 is 2.73 bits per heavy atom. The van der Waals surface area contributed by atoms with E-state index in [-0.39, 0.29) is 0 Å². The van der Waals surface area contributed by atoms with Crippen LogP contribution >= 0.6 is 0 Å². The lowest BCUT2D eigenvalue weighted by Crippen LogP contribution is -2.37. The zero-order chi connectivity index (χ0) is 10.7. The van der Waals surface area contributed by atoms with Crippen molar-refractivity contribution in [2.45, 2.75) is 6.42 Å². The second-order valence-corrected chi connectivity index (χ2v) is 3.61. The minimum Gasteiger partial charge on any atom is -0.378 e. The van der Waals surface area contributed by atoms with E-state index in [4.69, 9.17) is 10.5 Å². The van der Waals surface area contributed by atoms with Gasteiger partial charge in [-0.15, -0.1) is 10.2 Å². The summed E-state index contributed by atoms with van der Waals surface area (Å²) >= 11 is 0. The highest BCUT2D eigenvalue weighted by molar-refractivity contribution is 5.31. The molecule has 0 spiro atoms. The molecule has 84 valence electrons. The quantitative estimate of drug-likeness (QED) is 0.705. The number of nitrogens with zero attached hydrogens (tertiary/aromatic N) is 4. The summed E-state index contributed by atoms with van der Waals surface area (Å²) in [7, 11) is 1.98. The Hall–Kier alpha value is -1.14. The van der Waals surface area contributed by atoms with Crippen LogP contribution in [-0.4, -0.2) is 47.6 Å². The van der Waals surface area contributed by atoms with Crippen LogP contribution in [0.2, 0.25) is 0 Å². The Morgan fingerprint density at radius 1 is 1.33 bits per heavy atom. The van der Waals surface area contributed by atoms with Crippen molar-refractivity contribution in [2.24, 2.45) is 12.8 Å². The topological polar surface area (TPSA) is 69.2 Å². The van der Waals surface area contributed by atoms with Crippen molar-refractivity contribution in [1.29, 1.82) is 0 Å². The maximum Gasteiger partial charge on any atom is 0.227 e. The number of hydrogen-bond acceptors (Lipinski definition) is 5. The van der Waals surface area contributed by atoms with Gasteiger partial charge in [0.15, 0.2) is 0 Å². The number of ether oxygens (including phenoxy) is 1. The molecule has 0 bridgehead atoms. The van der Waals surface area contributed by atoms with Crippen LogP contribution < -0.4 is 10.6 Å². The summed E-state index contributed by atoms with van der Waals surface area (Å²) in [6, 6.07) is 0. The van der Waals surface area contributed by atoms with Crippen molar-refractivity contribution < 1.29 is 4.74 Å². The molecular weight excluding hydrogens is 194 g/mol. The summed E-state index contributed by atoms with van der Waals surface area (Å²) in [5.74, 6) is 1.86. The van der Waals surface area contributed by atoms with E-state index in [1.54, 1.807) is 0 Å². The molecule has 1 fully saturated rings. The van der Waals surface area contributed by atoms with Gasteiger partial charge in [0.1, 0.15) is 5.82 Å². The van der Waals surface area contributed by atoms with Gasteiger partial charge in [-0.2, -0.15) is 0 Å². The van der Waals surface area contributed by atoms with Gasteiger partial charge in [0.25, 0.3) is 0 Å². The molecule has 1 saturated heterocycles. The molecule has 2 heterocycles. The van der Waals surface area contributed by atoms with Crippen molar-refractivity contribution in [3.8, 4) is 0 Å². The first-order valence-corrected chi connectivity index (χ1v) is 5.24. The average molecular weight is 211 g/mol. The molecule has 1 aliphatic heterocycles. The van der Waals surface area contributed by atoms with E-state index < -0.39 is 0 Å². The first-order chi connectivity index (χ1) is 7.33. The van der Waals surface area contributed by atoms with E-state index in [2.05, 4.69) is 15.1 Å². The molecule has 6 heteroatoms. The predicted molar refractivity (Wildman–Crippen MR) is 56.8 cm³/mol. The van der Waals surface area contributed by atoms with Crippen molar-refractivity contribution in [3.05, 3.63) is 5.82 Å². The Morgan fingerprint density at radius 2 is 2.07 bits per heavy atom. The monoisotopic (exact) mass is 211 g/mol. The Kier molecular flexibility index (Phi) is 3.17. The Bertz CT molecular complexity index is 318. The zero-order valence-electron chi connectivity index (χ0n) is 9.02. The maximum absolute atomic E-state index is 5.50. The lowest BCUT2D eigenvalue weighted by Gasteiger charge is -2.27. The highest BCUT2D eigenvalue weighted by Crippen LogP contribution is 2.13. The van der Waals surface area contributed by atoms with Crippen molar-refractivity contribution >= 4 is 5.95 Å². The van der Waals surface area contributed by atoms with Gasteiger partial charge in [0, 0.05) is 26.6 Å². The maximum atomic E-state index is 5.50. The molecule has 0 amide bonds. The molecule has 15 heavy (non-hydrogen) atoms. The van der Waals surface area contributed by atoms with Gasteiger partial charge in [0.2, 0.25) is 5.95 Å². The molecule has 1 aromatic rings. The largest absolute Gasteiger partial charge is 0.378 e. The third kappa shape index (κ3) is 2.10. The van der Waals surface area contributed by atoms with E-state index in [0.29, 0.717) is 6.54 Å². The van der Waals surface area contributed by atoms with E-state index in [1.807, 2.05) is 11.6 Å². The van der Waals surface area contributed by atoms with E-state index in [0.717, 1.165) is 44.5 Å². The van der Waals surface area contributed by atoms with E-state index >= 15 is 0 Å². The van der Waals surface area contributed by atoms with Gasteiger partial charge >= 0.3 is 0 Å². The molecule has 0 radical (unpaired) electrons. The van der Waals surface area contributed by atoms with Crippen LogP contribution in [0.1, 0.15) is 5.82 Å². The number of morpholine rings is 1. The van der Waals surface area contributed by atoms with Crippen LogP contribution in [0, 0.1) is 0 Å². The molecule has 0 aromatic carbocycles. The summed E-state index contributed by atoms with van der Waals surface area (Å²) < 4.78 is 7.31. The number of aromatic nitrogens is 3. The van der Waals surface area contributed by atoms with Gasteiger partial charge in [-0.05, 0) is 6.54 Å². The fraction of sp³-hybridized carbons (Fsp3) is 0.778. The Balaban J connectivity index is 2.13. The zero-order valence-corrected chi connectivity index (χ0v) is 9.02. The molecule has 6 nitrogen and oxygen atoms in total. The molecule has 2 rings (SSSR count). The van der Waals surface area contributed by atoms with Crippen LogP contribution in [0.4, 0.5) is 5.95 Å². The summed E-state index contributed by atoms with van der Waals surface area (Å²) in [4.78, 5) is 2.19. The minimum absolute atomic E-state index is 0.606. The first-order valence-electron chi connectivity index (χ1n) is 5.24. The van der Waals surface area contributed by atoms with Crippen LogP contribution in [0.3, 0.4) is 0 Å². The fourth-order valence-electron chi connectivity index (χ4n) is 1.74. The summed E-state index contributed by atoms with van der Waals surface area (Å²) in [6.45, 7) is 3.90. The summed E-state index contributed by atoms with van der Waals surface area (Å²) in [6.07, 6.45) is 0.772.